The monoisotopic (exact) mass is 328 g/mol. The molecule has 2 aromatic rings. The Morgan fingerprint density at radius 3 is 2.79 bits per heavy atom. The number of pyridine rings is 1. The minimum Gasteiger partial charge on any atom is -0.485 e. The molecule has 1 amide bonds. The molecule has 0 radical (unpaired) electrons. The van der Waals surface area contributed by atoms with Gasteiger partial charge in [0.2, 0.25) is 0 Å². The number of hydrogen-bond donors (Lipinski definition) is 0. The molecule has 0 saturated carbocycles. The van der Waals surface area contributed by atoms with E-state index in [0.29, 0.717) is 13.1 Å². The molecule has 1 fully saturated rings. The zero-order valence-electron chi connectivity index (χ0n) is 14.7. The van der Waals surface area contributed by atoms with Crippen molar-refractivity contribution in [3.05, 3.63) is 41.9 Å². The Bertz CT molecular complexity index is 738. The van der Waals surface area contributed by atoms with Gasteiger partial charge in [0.15, 0.2) is 11.6 Å². The number of hydrogen-bond acceptors (Lipinski definition) is 4. The lowest BCUT2D eigenvalue weighted by Gasteiger charge is -2.20. The van der Waals surface area contributed by atoms with Crippen LogP contribution in [0.3, 0.4) is 0 Å². The highest BCUT2D eigenvalue weighted by Crippen LogP contribution is 2.27. The molecule has 0 bridgehead atoms. The lowest BCUT2D eigenvalue weighted by Crippen LogP contribution is -2.32. The Morgan fingerprint density at radius 1 is 1.33 bits per heavy atom. The third-order valence-electron chi connectivity index (χ3n) is 4.49. The first-order chi connectivity index (χ1) is 11.5. The van der Waals surface area contributed by atoms with Crippen molar-refractivity contribution in [2.75, 3.05) is 32.1 Å². The number of aromatic nitrogens is 2. The van der Waals surface area contributed by atoms with Crippen molar-refractivity contribution in [3.63, 3.8) is 0 Å². The molecule has 0 aliphatic carbocycles. The van der Waals surface area contributed by atoms with Crippen LogP contribution in [0.1, 0.15) is 22.6 Å². The van der Waals surface area contributed by atoms with Gasteiger partial charge in [-0.05, 0) is 31.2 Å². The molecule has 1 saturated heterocycles. The van der Waals surface area contributed by atoms with Gasteiger partial charge < -0.3 is 19.1 Å². The standard InChI is InChI=1S/C18H24N4O2/c1-13-7-8-15(21(13)4)18(23)22-11-9-14(12-22)24-16-6-5-10-19-17(16)20(2)3/h5-8,10,14H,9,11-12H2,1-4H3/t14-/m0/s1. The second-order valence-electron chi connectivity index (χ2n) is 6.42. The Kier molecular flexibility index (Phi) is 4.46. The van der Waals surface area contributed by atoms with E-state index in [1.165, 1.54) is 0 Å². The summed E-state index contributed by atoms with van der Waals surface area (Å²) in [4.78, 5) is 20.8. The molecule has 6 nitrogen and oxygen atoms in total. The summed E-state index contributed by atoms with van der Waals surface area (Å²) in [7, 11) is 5.81. The highest BCUT2D eigenvalue weighted by atomic mass is 16.5. The van der Waals surface area contributed by atoms with E-state index in [1.54, 1.807) is 6.20 Å². The van der Waals surface area contributed by atoms with Crippen LogP contribution >= 0.6 is 0 Å². The third kappa shape index (κ3) is 3.09. The molecule has 3 rings (SSSR count). The highest BCUT2D eigenvalue weighted by Gasteiger charge is 2.30. The van der Waals surface area contributed by atoms with E-state index in [0.717, 1.165) is 29.4 Å². The van der Waals surface area contributed by atoms with Gasteiger partial charge >= 0.3 is 0 Å². The van der Waals surface area contributed by atoms with Crippen LogP contribution in [0.4, 0.5) is 5.82 Å². The number of aryl methyl sites for hydroxylation is 1. The average Bonchev–Trinajstić information content (AvgIpc) is 3.15. The maximum atomic E-state index is 12.7. The third-order valence-corrected chi connectivity index (χ3v) is 4.49. The number of anilines is 1. The topological polar surface area (TPSA) is 50.6 Å². The van der Waals surface area contributed by atoms with Gasteiger partial charge in [-0.3, -0.25) is 4.79 Å². The lowest BCUT2D eigenvalue weighted by atomic mass is 10.3. The van der Waals surface area contributed by atoms with E-state index in [2.05, 4.69) is 4.98 Å². The number of amides is 1. The maximum Gasteiger partial charge on any atom is 0.270 e. The summed E-state index contributed by atoms with van der Waals surface area (Å²) in [5, 5.41) is 0. The van der Waals surface area contributed by atoms with Gasteiger partial charge in [0.05, 0.1) is 6.54 Å². The number of carbonyl (C=O) groups is 1. The number of rotatable bonds is 4. The van der Waals surface area contributed by atoms with Crippen LogP contribution < -0.4 is 9.64 Å². The summed E-state index contributed by atoms with van der Waals surface area (Å²) >= 11 is 0. The predicted molar refractivity (Wildman–Crippen MR) is 93.7 cm³/mol. The smallest absolute Gasteiger partial charge is 0.270 e. The van der Waals surface area contributed by atoms with Crippen LogP contribution in [0.15, 0.2) is 30.5 Å². The number of ether oxygens (including phenoxy) is 1. The summed E-state index contributed by atoms with van der Waals surface area (Å²) < 4.78 is 8.05. The van der Waals surface area contributed by atoms with Crippen LogP contribution in [0.25, 0.3) is 0 Å². The Hall–Kier alpha value is -2.50. The van der Waals surface area contributed by atoms with Gasteiger partial charge in [0.25, 0.3) is 5.91 Å². The first-order valence-electron chi connectivity index (χ1n) is 8.18. The minimum atomic E-state index is -0.00165. The zero-order chi connectivity index (χ0) is 17.3. The molecule has 0 unspecified atom stereocenters. The second-order valence-corrected chi connectivity index (χ2v) is 6.42. The molecule has 24 heavy (non-hydrogen) atoms. The summed E-state index contributed by atoms with van der Waals surface area (Å²) in [5.74, 6) is 1.63. The van der Waals surface area contributed by atoms with Crippen LogP contribution in [0, 0.1) is 6.92 Å². The second kappa shape index (κ2) is 6.55. The number of carbonyl (C=O) groups excluding carboxylic acids is 1. The fourth-order valence-electron chi connectivity index (χ4n) is 2.99. The van der Waals surface area contributed by atoms with Gasteiger partial charge in [-0.1, -0.05) is 0 Å². The quantitative estimate of drug-likeness (QED) is 0.862. The normalized spacial score (nSPS) is 17.2. The predicted octanol–water partition coefficient (Wildman–Crippen LogP) is 2.09. The highest BCUT2D eigenvalue weighted by molar-refractivity contribution is 5.93. The first kappa shape index (κ1) is 16.4. The van der Waals surface area contributed by atoms with Gasteiger partial charge in [0, 0.05) is 46.0 Å². The lowest BCUT2D eigenvalue weighted by molar-refractivity contribution is 0.0763. The van der Waals surface area contributed by atoms with Crippen molar-refractivity contribution in [1.29, 1.82) is 0 Å². The average molecular weight is 328 g/mol. The van der Waals surface area contributed by atoms with E-state index in [4.69, 9.17) is 4.74 Å². The largest absolute Gasteiger partial charge is 0.485 e. The summed E-state index contributed by atoms with van der Waals surface area (Å²) in [6.07, 6.45) is 2.58. The van der Waals surface area contributed by atoms with Crippen molar-refractivity contribution in [2.24, 2.45) is 7.05 Å². The van der Waals surface area contributed by atoms with Crippen molar-refractivity contribution in [2.45, 2.75) is 19.4 Å². The Labute approximate surface area is 142 Å². The van der Waals surface area contributed by atoms with E-state index in [1.807, 2.05) is 66.7 Å². The van der Waals surface area contributed by atoms with Crippen molar-refractivity contribution >= 4 is 11.7 Å². The SMILES string of the molecule is Cc1ccc(C(=O)N2CC[C@H](Oc3cccnc3N(C)C)C2)n1C. The minimum absolute atomic E-state index is 0.00165. The maximum absolute atomic E-state index is 12.7. The van der Waals surface area contributed by atoms with E-state index in [-0.39, 0.29) is 12.0 Å². The molecule has 1 aliphatic rings. The van der Waals surface area contributed by atoms with Gasteiger partial charge in [-0.15, -0.1) is 0 Å². The molecular formula is C18H24N4O2. The molecule has 0 aromatic carbocycles. The van der Waals surface area contributed by atoms with E-state index in [9.17, 15) is 4.79 Å². The number of likely N-dealkylation sites (tertiary alicyclic amines) is 1. The first-order valence-corrected chi connectivity index (χ1v) is 8.18. The van der Waals surface area contributed by atoms with Crippen LogP contribution in [-0.2, 0) is 7.05 Å². The van der Waals surface area contributed by atoms with Gasteiger partial charge in [-0.2, -0.15) is 0 Å². The van der Waals surface area contributed by atoms with Gasteiger partial charge in [0.1, 0.15) is 11.8 Å². The van der Waals surface area contributed by atoms with Crippen LogP contribution in [0.2, 0.25) is 0 Å². The van der Waals surface area contributed by atoms with Crippen LogP contribution in [0.5, 0.6) is 5.75 Å². The molecular weight excluding hydrogens is 304 g/mol. The Balaban J connectivity index is 1.68. The van der Waals surface area contributed by atoms with E-state index < -0.39 is 0 Å². The van der Waals surface area contributed by atoms with Crippen molar-refractivity contribution in [3.8, 4) is 5.75 Å². The fourth-order valence-corrected chi connectivity index (χ4v) is 2.99. The molecule has 0 spiro atoms. The fraction of sp³-hybridized carbons (Fsp3) is 0.444. The number of nitrogens with zero attached hydrogens (tertiary/aromatic N) is 4. The van der Waals surface area contributed by atoms with Crippen molar-refractivity contribution < 1.29 is 9.53 Å². The Morgan fingerprint density at radius 2 is 2.12 bits per heavy atom. The van der Waals surface area contributed by atoms with Crippen LogP contribution in [-0.4, -0.2) is 53.6 Å². The van der Waals surface area contributed by atoms with E-state index >= 15 is 0 Å². The molecule has 2 aromatic heterocycles. The molecule has 0 N–H and O–H groups in total. The summed E-state index contributed by atoms with van der Waals surface area (Å²) in [6, 6.07) is 7.65. The zero-order valence-corrected chi connectivity index (χ0v) is 14.7. The molecule has 128 valence electrons. The molecule has 3 heterocycles. The molecule has 1 aliphatic heterocycles. The van der Waals surface area contributed by atoms with Gasteiger partial charge in [-0.25, -0.2) is 4.98 Å². The molecule has 1 atom stereocenters. The molecule has 6 heteroatoms. The van der Waals surface area contributed by atoms with Crippen molar-refractivity contribution in [1.82, 2.24) is 14.5 Å². The summed E-state index contributed by atoms with van der Waals surface area (Å²) in [5.41, 5.74) is 1.81. The summed E-state index contributed by atoms with van der Waals surface area (Å²) in [6.45, 7) is 3.31.